The molecule has 4 heteroatoms. The zero-order valence-corrected chi connectivity index (χ0v) is 12.3. The normalized spacial score (nSPS) is 24.9. The maximum Gasteiger partial charge on any atom is 0.314 e. The summed E-state index contributed by atoms with van der Waals surface area (Å²) in [5.41, 5.74) is 5.43. The summed E-state index contributed by atoms with van der Waals surface area (Å²) in [4.78, 5) is 13.2. The summed E-state index contributed by atoms with van der Waals surface area (Å²) in [5, 5.41) is 3.57. The molecule has 1 saturated heterocycles. The summed E-state index contributed by atoms with van der Waals surface area (Å²) in [6, 6.07) is 0.119. The molecule has 2 unspecified atom stereocenters. The van der Waals surface area contributed by atoms with Crippen LogP contribution in [0.15, 0.2) is 0 Å². The number of carbonyl (C=O) groups is 1. The van der Waals surface area contributed by atoms with Crippen LogP contribution in [0.3, 0.4) is 0 Å². The number of primary amides is 1. The first-order valence-electron chi connectivity index (χ1n) is 7.18. The van der Waals surface area contributed by atoms with Gasteiger partial charge in [0.25, 0.3) is 0 Å². The van der Waals surface area contributed by atoms with Crippen molar-refractivity contribution in [1.82, 2.24) is 10.2 Å². The minimum atomic E-state index is -0.281. The molecule has 3 N–H and O–H groups in total. The van der Waals surface area contributed by atoms with Crippen LogP contribution < -0.4 is 11.1 Å². The molecule has 0 radical (unpaired) electrons. The average molecular weight is 255 g/mol. The Balaban J connectivity index is 2.48. The summed E-state index contributed by atoms with van der Waals surface area (Å²) in [6.45, 7) is 11.5. The fraction of sp³-hybridized carbons (Fsp3) is 0.929. The molecule has 2 atom stereocenters. The van der Waals surface area contributed by atoms with E-state index in [4.69, 9.17) is 5.73 Å². The van der Waals surface area contributed by atoms with Gasteiger partial charge in [0.1, 0.15) is 0 Å². The molecule has 106 valence electrons. The standard InChI is InChI=1S/C14H29N3O/c1-10(2)5-6-16-13-7-12(11(3)4)8-17(9-13)14(15)18/h10-13,16H,5-9H2,1-4H3,(H2,15,18). The average Bonchev–Trinajstić information content (AvgIpc) is 2.28. The van der Waals surface area contributed by atoms with Gasteiger partial charge in [0.05, 0.1) is 0 Å². The Morgan fingerprint density at radius 2 is 2.00 bits per heavy atom. The largest absolute Gasteiger partial charge is 0.351 e. The van der Waals surface area contributed by atoms with Crippen molar-refractivity contribution in [3.05, 3.63) is 0 Å². The van der Waals surface area contributed by atoms with Crippen LogP contribution in [0.5, 0.6) is 0 Å². The number of nitrogens with zero attached hydrogens (tertiary/aromatic N) is 1. The van der Waals surface area contributed by atoms with E-state index in [1.165, 1.54) is 6.42 Å². The molecule has 1 rings (SSSR count). The number of likely N-dealkylation sites (tertiary alicyclic amines) is 1. The molecule has 0 spiro atoms. The van der Waals surface area contributed by atoms with E-state index in [0.717, 1.165) is 26.1 Å². The van der Waals surface area contributed by atoms with Crippen LogP contribution in [0.1, 0.15) is 40.5 Å². The van der Waals surface area contributed by atoms with Crippen LogP contribution in [-0.4, -0.2) is 36.6 Å². The minimum Gasteiger partial charge on any atom is -0.351 e. The van der Waals surface area contributed by atoms with Gasteiger partial charge in [-0.1, -0.05) is 27.7 Å². The summed E-state index contributed by atoms with van der Waals surface area (Å²) < 4.78 is 0. The molecule has 18 heavy (non-hydrogen) atoms. The summed E-state index contributed by atoms with van der Waals surface area (Å²) in [5.74, 6) is 1.87. The molecule has 1 aliphatic rings. The van der Waals surface area contributed by atoms with Crippen LogP contribution in [0.4, 0.5) is 4.79 Å². The molecule has 0 aromatic rings. The Bertz CT molecular complexity index is 266. The van der Waals surface area contributed by atoms with Crippen molar-refractivity contribution in [1.29, 1.82) is 0 Å². The SMILES string of the molecule is CC(C)CCNC1CC(C(C)C)CN(C(N)=O)C1. The smallest absolute Gasteiger partial charge is 0.314 e. The van der Waals surface area contributed by atoms with Gasteiger partial charge in [-0.3, -0.25) is 0 Å². The lowest BCUT2D eigenvalue weighted by molar-refractivity contribution is 0.132. The molecule has 4 nitrogen and oxygen atoms in total. The monoisotopic (exact) mass is 255 g/mol. The number of hydrogen-bond donors (Lipinski definition) is 2. The fourth-order valence-electron chi connectivity index (χ4n) is 2.53. The topological polar surface area (TPSA) is 58.4 Å². The van der Waals surface area contributed by atoms with Crippen molar-refractivity contribution in [2.45, 2.75) is 46.6 Å². The van der Waals surface area contributed by atoms with E-state index in [1.54, 1.807) is 4.90 Å². The second kappa shape index (κ2) is 6.98. The van der Waals surface area contributed by atoms with Gasteiger partial charge in [0, 0.05) is 19.1 Å². The van der Waals surface area contributed by atoms with Crippen molar-refractivity contribution in [2.24, 2.45) is 23.5 Å². The Hall–Kier alpha value is -0.770. The van der Waals surface area contributed by atoms with Crippen LogP contribution >= 0.6 is 0 Å². The van der Waals surface area contributed by atoms with E-state index in [-0.39, 0.29) is 6.03 Å². The van der Waals surface area contributed by atoms with E-state index >= 15 is 0 Å². The number of hydrogen-bond acceptors (Lipinski definition) is 2. The van der Waals surface area contributed by atoms with Crippen LogP contribution in [0, 0.1) is 17.8 Å². The number of nitrogens with one attached hydrogen (secondary N) is 1. The second-order valence-corrected chi connectivity index (χ2v) is 6.32. The lowest BCUT2D eigenvalue weighted by Crippen LogP contribution is -2.53. The van der Waals surface area contributed by atoms with E-state index in [1.807, 2.05) is 0 Å². The van der Waals surface area contributed by atoms with Crippen LogP contribution in [0.2, 0.25) is 0 Å². The van der Waals surface area contributed by atoms with Gasteiger partial charge in [0.2, 0.25) is 0 Å². The summed E-state index contributed by atoms with van der Waals surface area (Å²) in [7, 11) is 0. The van der Waals surface area contributed by atoms with Gasteiger partial charge in [-0.2, -0.15) is 0 Å². The third kappa shape index (κ3) is 4.84. The van der Waals surface area contributed by atoms with E-state index in [9.17, 15) is 4.79 Å². The molecule has 0 bridgehead atoms. The van der Waals surface area contributed by atoms with Gasteiger partial charge in [-0.05, 0) is 37.1 Å². The number of urea groups is 1. The van der Waals surface area contributed by atoms with Crippen molar-refractivity contribution in [3.63, 3.8) is 0 Å². The second-order valence-electron chi connectivity index (χ2n) is 6.32. The molecule has 0 saturated carbocycles. The molecule has 1 aliphatic heterocycles. The maximum atomic E-state index is 11.4. The zero-order valence-electron chi connectivity index (χ0n) is 12.3. The molecular formula is C14H29N3O. The Kier molecular flexibility index (Phi) is 5.93. The Morgan fingerprint density at radius 3 is 2.50 bits per heavy atom. The van der Waals surface area contributed by atoms with Crippen molar-refractivity contribution >= 4 is 6.03 Å². The molecular weight excluding hydrogens is 226 g/mol. The first-order valence-corrected chi connectivity index (χ1v) is 7.18. The molecule has 1 fully saturated rings. The molecule has 0 aliphatic carbocycles. The minimum absolute atomic E-state index is 0.281. The highest BCUT2D eigenvalue weighted by Gasteiger charge is 2.30. The molecule has 1 heterocycles. The van der Waals surface area contributed by atoms with Gasteiger partial charge in [-0.25, -0.2) is 4.79 Å². The van der Waals surface area contributed by atoms with E-state index < -0.39 is 0 Å². The quantitative estimate of drug-likeness (QED) is 0.790. The van der Waals surface area contributed by atoms with Gasteiger partial charge in [-0.15, -0.1) is 0 Å². The number of amides is 2. The predicted molar refractivity (Wildman–Crippen MR) is 75.3 cm³/mol. The molecule has 2 amide bonds. The number of rotatable bonds is 5. The lowest BCUT2D eigenvalue weighted by Gasteiger charge is -2.39. The van der Waals surface area contributed by atoms with E-state index in [0.29, 0.717) is 23.8 Å². The van der Waals surface area contributed by atoms with Crippen molar-refractivity contribution < 1.29 is 4.79 Å². The van der Waals surface area contributed by atoms with E-state index in [2.05, 4.69) is 33.0 Å². The first kappa shape index (κ1) is 15.3. The van der Waals surface area contributed by atoms with Crippen LogP contribution in [-0.2, 0) is 0 Å². The summed E-state index contributed by atoms with van der Waals surface area (Å²) >= 11 is 0. The molecule has 0 aromatic carbocycles. The van der Waals surface area contributed by atoms with Crippen molar-refractivity contribution in [2.75, 3.05) is 19.6 Å². The van der Waals surface area contributed by atoms with Crippen molar-refractivity contribution in [3.8, 4) is 0 Å². The fourth-order valence-corrected chi connectivity index (χ4v) is 2.53. The Labute approximate surface area is 111 Å². The summed E-state index contributed by atoms with van der Waals surface area (Å²) in [6.07, 6.45) is 2.33. The third-order valence-electron chi connectivity index (χ3n) is 3.89. The highest BCUT2D eigenvalue weighted by atomic mass is 16.2. The number of piperidine rings is 1. The highest BCUT2D eigenvalue weighted by molar-refractivity contribution is 5.72. The maximum absolute atomic E-state index is 11.4. The molecule has 0 aromatic heterocycles. The number of nitrogens with two attached hydrogens (primary N) is 1. The Morgan fingerprint density at radius 1 is 1.33 bits per heavy atom. The van der Waals surface area contributed by atoms with Crippen LogP contribution in [0.25, 0.3) is 0 Å². The number of carbonyl (C=O) groups excluding carboxylic acids is 1. The van der Waals surface area contributed by atoms with Gasteiger partial charge >= 0.3 is 6.03 Å². The zero-order chi connectivity index (χ0) is 13.7. The first-order chi connectivity index (χ1) is 8.40. The van der Waals surface area contributed by atoms with Gasteiger partial charge < -0.3 is 16.0 Å². The predicted octanol–water partition coefficient (Wildman–Crippen LogP) is 2.05. The third-order valence-corrected chi connectivity index (χ3v) is 3.89. The van der Waals surface area contributed by atoms with Gasteiger partial charge in [0.15, 0.2) is 0 Å². The lowest BCUT2D eigenvalue weighted by atomic mass is 9.85. The highest BCUT2D eigenvalue weighted by Crippen LogP contribution is 2.23.